The summed E-state index contributed by atoms with van der Waals surface area (Å²) in [6.07, 6.45) is 7.93. The highest BCUT2D eigenvalue weighted by atomic mass is 16.3. The van der Waals surface area contributed by atoms with Gasteiger partial charge in [-0.05, 0) is 60.0 Å². The molecular formula is C19H14N4O. The molecule has 0 aliphatic rings. The molecule has 0 aliphatic heterocycles. The lowest BCUT2D eigenvalue weighted by Crippen LogP contribution is -1.95. The molecule has 0 saturated heterocycles. The van der Waals surface area contributed by atoms with E-state index < -0.39 is 0 Å². The van der Waals surface area contributed by atoms with Crippen LogP contribution in [0, 0.1) is 0 Å². The van der Waals surface area contributed by atoms with E-state index in [1.807, 2.05) is 24.4 Å². The molecule has 0 fully saturated rings. The lowest BCUT2D eigenvalue weighted by molar-refractivity contribution is 0.475. The van der Waals surface area contributed by atoms with Gasteiger partial charge in [-0.1, -0.05) is 0 Å². The second kappa shape index (κ2) is 6.04. The van der Waals surface area contributed by atoms with Crippen molar-refractivity contribution in [3.05, 3.63) is 78.4 Å². The maximum absolute atomic E-state index is 9.40. The number of benzene rings is 1. The zero-order valence-electron chi connectivity index (χ0n) is 12.8. The van der Waals surface area contributed by atoms with Gasteiger partial charge in [-0.25, -0.2) is 9.97 Å². The Hall–Kier alpha value is -3.34. The van der Waals surface area contributed by atoms with Gasteiger partial charge in [-0.3, -0.25) is 9.97 Å². The van der Waals surface area contributed by atoms with Crippen LogP contribution in [0.25, 0.3) is 22.4 Å². The van der Waals surface area contributed by atoms with E-state index in [1.54, 1.807) is 42.9 Å². The Morgan fingerprint density at radius 2 is 1.58 bits per heavy atom. The molecule has 0 amide bonds. The molecule has 3 heterocycles. The first-order chi connectivity index (χ1) is 11.8. The second-order valence-corrected chi connectivity index (χ2v) is 5.52. The number of fused-ring (bicyclic) bond motifs is 1. The third-order valence-electron chi connectivity index (χ3n) is 3.77. The van der Waals surface area contributed by atoms with Gasteiger partial charge < -0.3 is 5.11 Å². The van der Waals surface area contributed by atoms with Crippen molar-refractivity contribution in [2.75, 3.05) is 0 Å². The number of hydrogen-bond acceptors (Lipinski definition) is 5. The molecule has 0 bridgehead atoms. The van der Waals surface area contributed by atoms with Gasteiger partial charge in [0.1, 0.15) is 11.3 Å². The number of hydrogen-bond donors (Lipinski definition) is 1. The van der Waals surface area contributed by atoms with Gasteiger partial charge in [0.05, 0.1) is 11.7 Å². The zero-order valence-corrected chi connectivity index (χ0v) is 12.8. The standard InChI is InChI=1S/C19H14N4O/c24-16-3-1-15(2-4-16)19-22-12-18-17(23-19)10-14(11-21-18)9-13-5-7-20-8-6-13/h1-8,10-12,24H,9H2. The highest BCUT2D eigenvalue weighted by Crippen LogP contribution is 2.21. The minimum atomic E-state index is 0.223. The summed E-state index contributed by atoms with van der Waals surface area (Å²) in [5.74, 6) is 0.839. The minimum Gasteiger partial charge on any atom is -0.508 e. The predicted octanol–water partition coefficient (Wildman–Crippen LogP) is 3.38. The first kappa shape index (κ1) is 14.3. The number of aromatic nitrogens is 4. The van der Waals surface area contributed by atoms with E-state index in [0.717, 1.165) is 28.6 Å². The molecule has 4 rings (SSSR count). The predicted molar refractivity (Wildman–Crippen MR) is 91.5 cm³/mol. The van der Waals surface area contributed by atoms with E-state index >= 15 is 0 Å². The van der Waals surface area contributed by atoms with Crippen molar-refractivity contribution in [1.82, 2.24) is 19.9 Å². The maximum Gasteiger partial charge on any atom is 0.159 e. The van der Waals surface area contributed by atoms with Crippen LogP contribution in [0.2, 0.25) is 0 Å². The van der Waals surface area contributed by atoms with Gasteiger partial charge in [0.15, 0.2) is 5.82 Å². The zero-order chi connectivity index (χ0) is 16.4. The first-order valence-corrected chi connectivity index (χ1v) is 7.58. The minimum absolute atomic E-state index is 0.223. The van der Waals surface area contributed by atoms with Crippen LogP contribution in [-0.4, -0.2) is 25.0 Å². The number of aromatic hydroxyl groups is 1. The first-order valence-electron chi connectivity index (χ1n) is 7.58. The summed E-state index contributed by atoms with van der Waals surface area (Å²) in [5.41, 5.74) is 4.69. The Bertz CT molecular complexity index is 985. The Morgan fingerprint density at radius 3 is 2.38 bits per heavy atom. The summed E-state index contributed by atoms with van der Waals surface area (Å²) >= 11 is 0. The van der Waals surface area contributed by atoms with E-state index in [0.29, 0.717) is 5.82 Å². The molecule has 0 atom stereocenters. The smallest absolute Gasteiger partial charge is 0.159 e. The van der Waals surface area contributed by atoms with Crippen molar-refractivity contribution in [3.8, 4) is 17.1 Å². The molecular weight excluding hydrogens is 300 g/mol. The summed E-state index contributed by atoms with van der Waals surface area (Å²) in [4.78, 5) is 17.4. The van der Waals surface area contributed by atoms with Crippen LogP contribution in [0.4, 0.5) is 0 Å². The van der Waals surface area contributed by atoms with Crippen LogP contribution in [0.1, 0.15) is 11.1 Å². The summed E-state index contributed by atoms with van der Waals surface area (Å²) in [6, 6.07) is 12.9. The molecule has 5 heteroatoms. The monoisotopic (exact) mass is 314 g/mol. The largest absolute Gasteiger partial charge is 0.508 e. The van der Waals surface area contributed by atoms with Gasteiger partial charge >= 0.3 is 0 Å². The molecule has 4 aromatic rings. The number of phenolic OH excluding ortho intramolecular Hbond substituents is 1. The lowest BCUT2D eigenvalue weighted by Gasteiger charge is -2.05. The summed E-state index contributed by atoms with van der Waals surface area (Å²) in [6.45, 7) is 0. The number of pyridine rings is 2. The SMILES string of the molecule is Oc1ccc(-c2ncc3ncc(Cc4ccncc4)cc3n2)cc1. The third kappa shape index (κ3) is 2.92. The van der Waals surface area contributed by atoms with Crippen LogP contribution in [0.3, 0.4) is 0 Å². The normalized spacial score (nSPS) is 10.8. The number of phenols is 1. The highest BCUT2D eigenvalue weighted by Gasteiger charge is 2.06. The van der Waals surface area contributed by atoms with Gasteiger partial charge in [0, 0.05) is 24.2 Å². The van der Waals surface area contributed by atoms with Crippen LogP contribution in [-0.2, 0) is 6.42 Å². The number of rotatable bonds is 3. The molecule has 1 aromatic carbocycles. The molecule has 24 heavy (non-hydrogen) atoms. The molecule has 3 aromatic heterocycles. The van der Waals surface area contributed by atoms with Crippen molar-refractivity contribution in [3.63, 3.8) is 0 Å². The second-order valence-electron chi connectivity index (χ2n) is 5.52. The van der Waals surface area contributed by atoms with E-state index in [9.17, 15) is 5.11 Å². The fraction of sp³-hybridized carbons (Fsp3) is 0.0526. The Morgan fingerprint density at radius 1 is 0.792 bits per heavy atom. The summed E-state index contributed by atoms with van der Waals surface area (Å²) in [7, 11) is 0. The van der Waals surface area contributed by atoms with Crippen molar-refractivity contribution in [1.29, 1.82) is 0 Å². The van der Waals surface area contributed by atoms with Crippen LogP contribution in [0.15, 0.2) is 67.3 Å². The highest BCUT2D eigenvalue weighted by molar-refractivity contribution is 5.76. The fourth-order valence-electron chi connectivity index (χ4n) is 2.54. The van der Waals surface area contributed by atoms with E-state index in [1.165, 1.54) is 5.56 Å². The van der Waals surface area contributed by atoms with Gasteiger partial charge in [0.25, 0.3) is 0 Å². The lowest BCUT2D eigenvalue weighted by atomic mass is 10.1. The van der Waals surface area contributed by atoms with E-state index in [4.69, 9.17) is 0 Å². The maximum atomic E-state index is 9.40. The molecule has 1 N–H and O–H groups in total. The van der Waals surface area contributed by atoms with E-state index in [2.05, 4.69) is 19.9 Å². The average molecular weight is 314 g/mol. The molecule has 0 aliphatic carbocycles. The van der Waals surface area contributed by atoms with Crippen LogP contribution in [0.5, 0.6) is 5.75 Å². The van der Waals surface area contributed by atoms with Gasteiger partial charge in [0.2, 0.25) is 0 Å². The fourth-order valence-corrected chi connectivity index (χ4v) is 2.54. The van der Waals surface area contributed by atoms with Crippen molar-refractivity contribution in [2.24, 2.45) is 0 Å². The quantitative estimate of drug-likeness (QED) is 0.627. The summed E-state index contributed by atoms with van der Waals surface area (Å²) in [5, 5.41) is 9.40. The molecule has 116 valence electrons. The number of nitrogens with zero attached hydrogens (tertiary/aromatic N) is 4. The van der Waals surface area contributed by atoms with Crippen molar-refractivity contribution >= 4 is 11.0 Å². The Labute approximate surface area is 138 Å². The van der Waals surface area contributed by atoms with Gasteiger partial charge in [-0.15, -0.1) is 0 Å². The topological polar surface area (TPSA) is 71.8 Å². The Kier molecular flexibility index (Phi) is 3.59. The van der Waals surface area contributed by atoms with Gasteiger partial charge in [-0.2, -0.15) is 0 Å². The molecule has 5 nitrogen and oxygen atoms in total. The summed E-state index contributed by atoms with van der Waals surface area (Å²) < 4.78 is 0. The van der Waals surface area contributed by atoms with Crippen molar-refractivity contribution < 1.29 is 5.11 Å². The van der Waals surface area contributed by atoms with Crippen molar-refractivity contribution in [2.45, 2.75) is 6.42 Å². The molecule has 0 spiro atoms. The average Bonchev–Trinajstić information content (AvgIpc) is 2.63. The van der Waals surface area contributed by atoms with E-state index in [-0.39, 0.29) is 5.75 Å². The third-order valence-corrected chi connectivity index (χ3v) is 3.77. The Balaban J connectivity index is 1.71. The van der Waals surface area contributed by atoms with Crippen LogP contribution >= 0.6 is 0 Å². The molecule has 0 saturated carbocycles. The molecule has 0 unspecified atom stereocenters. The molecule has 0 radical (unpaired) electrons. The van der Waals surface area contributed by atoms with Crippen LogP contribution < -0.4 is 0 Å².